The summed E-state index contributed by atoms with van der Waals surface area (Å²) in [4.78, 5) is 13.6. The van der Waals surface area contributed by atoms with Crippen molar-refractivity contribution in [2.75, 3.05) is 5.43 Å². The van der Waals surface area contributed by atoms with Crippen LogP contribution >= 0.6 is 11.6 Å². The van der Waals surface area contributed by atoms with Crippen molar-refractivity contribution in [3.8, 4) is 0 Å². The zero-order valence-corrected chi connectivity index (χ0v) is 13.4. The Hall–Kier alpha value is -3.14. The molecule has 7 nitrogen and oxygen atoms in total. The molecule has 0 fully saturated rings. The standard InChI is InChI=1S/C15H8ClF3N4O3/c16-8-5-10-12(3-4-20-14(10)11(6-8)15(17,18)19)22-21-7-9-1-2-13(26-9)23(24)25/h1-7H,(H,20,22)/b21-7+. The molecule has 0 spiro atoms. The quantitative estimate of drug-likeness (QED) is 0.394. The van der Waals surface area contributed by atoms with Crippen LogP contribution in [0.25, 0.3) is 10.9 Å². The lowest BCUT2D eigenvalue weighted by molar-refractivity contribution is -0.402. The van der Waals surface area contributed by atoms with Crippen LogP contribution in [0, 0.1) is 10.1 Å². The van der Waals surface area contributed by atoms with E-state index < -0.39 is 22.5 Å². The summed E-state index contributed by atoms with van der Waals surface area (Å²) in [6, 6.07) is 6.02. The molecule has 3 aromatic rings. The molecule has 0 aliphatic rings. The maximum absolute atomic E-state index is 13.2. The molecule has 3 rings (SSSR count). The summed E-state index contributed by atoms with van der Waals surface area (Å²) in [6.45, 7) is 0. The van der Waals surface area contributed by atoms with Crippen molar-refractivity contribution in [1.29, 1.82) is 0 Å². The third kappa shape index (κ3) is 3.59. The fourth-order valence-electron chi connectivity index (χ4n) is 2.21. The maximum Gasteiger partial charge on any atom is 0.433 e. The van der Waals surface area contributed by atoms with Crippen LogP contribution < -0.4 is 5.43 Å². The third-order valence-electron chi connectivity index (χ3n) is 3.28. The molecule has 0 bridgehead atoms. The Balaban J connectivity index is 1.94. The summed E-state index contributed by atoms with van der Waals surface area (Å²) in [7, 11) is 0. The van der Waals surface area contributed by atoms with E-state index in [1.165, 1.54) is 24.4 Å². The molecule has 1 aromatic carbocycles. The van der Waals surface area contributed by atoms with Gasteiger partial charge in [0.05, 0.1) is 29.0 Å². The highest BCUT2D eigenvalue weighted by Gasteiger charge is 2.34. The average molecular weight is 385 g/mol. The van der Waals surface area contributed by atoms with Gasteiger partial charge in [0.1, 0.15) is 4.92 Å². The van der Waals surface area contributed by atoms with E-state index in [1.807, 2.05) is 0 Å². The molecule has 26 heavy (non-hydrogen) atoms. The number of hydrogen-bond acceptors (Lipinski definition) is 6. The lowest BCUT2D eigenvalue weighted by Crippen LogP contribution is -2.07. The number of nitro groups is 1. The zero-order chi connectivity index (χ0) is 18.9. The van der Waals surface area contributed by atoms with Crippen molar-refractivity contribution < 1.29 is 22.5 Å². The number of halogens is 4. The van der Waals surface area contributed by atoms with E-state index >= 15 is 0 Å². The van der Waals surface area contributed by atoms with Crippen molar-refractivity contribution in [3.63, 3.8) is 0 Å². The molecule has 0 amide bonds. The number of nitrogens with zero attached hydrogens (tertiary/aromatic N) is 3. The molecule has 11 heteroatoms. The number of hydrogen-bond donors (Lipinski definition) is 1. The Labute approximate surface area is 148 Å². The molecule has 0 unspecified atom stereocenters. The van der Waals surface area contributed by atoms with E-state index in [2.05, 4.69) is 15.5 Å². The van der Waals surface area contributed by atoms with E-state index in [9.17, 15) is 23.3 Å². The van der Waals surface area contributed by atoms with Crippen LogP contribution in [0.4, 0.5) is 24.7 Å². The minimum atomic E-state index is -4.62. The molecule has 1 N–H and O–H groups in total. The lowest BCUT2D eigenvalue weighted by atomic mass is 10.1. The monoisotopic (exact) mass is 384 g/mol. The van der Waals surface area contributed by atoms with Gasteiger partial charge in [0.15, 0.2) is 5.76 Å². The second kappa shape index (κ2) is 6.64. The van der Waals surface area contributed by atoms with Crippen LogP contribution in [0.2, 0.25) is 5.02 Å². The van der Waals surface area contributed by atoms with Crippen LogP contribution in [0.3, 0.4) is 0 Å². The van der Waals surface area contributed by atoms with Gasteiger partial charge < -0.3 is 4.42 Å². The highest BCUT2D eigenvalue weighted by atomic mass is 35.5. The van der Waals surface area contributed by atoms with Gasteiger partial charge in [-0.3, -0.25) is 20.5 Å². The van der Waals surface area contributed by atoms with Gasteiger partial charge in [-0.1, -0.05) is 11.6 Å². The summed E-state index contributed by atoms with van der Waals surface area (Å²) in [5, 5.41) is 14.4. The van der Waals surface area contributed by atoms with E-state index in [-0.39, 0.29) is 27.4 Å². The predicted molar refractivity (Wildman–Crippen MR) is 88.3 cm³/mol. The second-order valence-corrected chi connectivity index (χ2v) is 5.45. The van der Waals surface area contributed by atoms with Gasteiger partial charge in [-0.25, -0.2) is 0 Å². The molecular weight excluding hydrogens is 377 g/mol. The first-order chi connectivity index (χ1) is 12.3. The highest BCUT2D eigenvalue weighted by Crippen LogP contribution is 2.37. The second-order valence-electron chi connectivity index (χ2n) is 5.01. The molecule has 0 radical (unpaired) electrons. The molecule has 2 heterocycles. The topological polar surface area (TPSA) is 93.6 Å². The largest absolute Gasteiger partial charge is 0.433 e. The van der Waals surface area contributed by atoms with Gasteiger partial charge in [-0.15, -0.1) is 0 Å². The van der Waals surface area contributed by atoms with Crippen LogP contribution in [0.5, 0.6) is 0 Å². The minimum Gasteiger partial charge on any atom is -0.400 e. The first-order valence-corrected chi connectivity index (χ1v) is 7.32. The molecule has 0 saturated heterocycles. The first kappa shape index (κ1) is 17.7. The van der Waals surface area contributed by atoms with Crippen molar-refractivity contribution >= 4 is 40.3 Å². The summed E-state index contributed by atoms with van der Waals surface area (Å²) in [5.74, 6) is -0.362. The smallest absolute Gasteiger partial charge is 0.400 e. The van der Waals surface area contributed by atoms with Crippen molar-refractivity contribution in [2.45, 2.75) is 6.18 Å². The molecule has 134 valence electrons. The lowest BCUT2D eigenvalue weighted by Gasteiger charge is -2.12. The summed E-state index contributed by atoms with van der Waals surface area (Å²) < 4.78 is 44.3. The number of fused-ring (bicyclic) bond motifs is 1. The van der Waals surface area contributed by atoms with Crippen LogP contribution in [-0.2, 0) is 6.18 Å². The number of alkyl halides is 3. The first-order valence-electron chi connectivity index (χ1n) is 6.94. The molecule has 2 aromatic heterocycles. The van der Waals surface area contributed by atoms with Crippen molar-refractivity contribution in [3.05, 3.63) is 63.0 Å². The number of anilines is 1. The third-order valence-corrected chi connectivity index (χ3v) is 3.50. The Morgan fingerprint density at radius 3 is 2.73 bits per heavy atom. The maximum atomic E-state index is 13.2. The van der Waals surface area contributed by atoms with E-state index in [4.69, 9.17) is 16.0 Å². The van der Waals surface area contributed by atoms with Crippen LogP contribution in [-0.4, -0.2) is 16.1 Å². The van der Waals surface area contributed by atoms with Gasteiger partial charge in [-0.05, 0) is 24.3 Å². The van der Waals surface area contributed by atoms with E-state index in [0.717, 1.165) is 18.3 Å². The molecular formula is C15H8ClF3N4O3. The summed E-state index contributed by atoms with van der Waals surface area (Å²) >= 11 is 5.79. The SMILES string of the molecule is O=[N+]([O-])c1ccc(/C=N/Nc2ccnc3c(C(F)(F)F)cc(Cl)cc23)o1. The Morgan fingerprint density at radius 2 is 2.08 bits per heavy atom. The fourth-order valence-corrected chi connectivity index (χ4v) is 2.43. The average Bonchev–Trinajstić information content (AvgIpc) is 3.03. The minimum absolute atomic E-state index is 0.0941. The number of hydrazone groups is 1. The number of furan rings is 1. The Kier molecular flexibility index (Phi) is 4.51. The number of benzene rings is 1. The molecule has 0 aliphatic carbocycles. The van der Waals surface area contributed by atoms with Gasteiger partial charge in [-0.2, -0.15) is 18.3 Å². The van der Waals surface area contributed by atoms with Crippen molar-refractivity contribution in [2.24, 2.45) is 5.10 Å². The summed E-state index contributed by atoms with van der Waals surface area (Å²) in [5.41, 5.74) is 1.53. The number of pyridine rings is 1. The van der Waals surface area contributed by atoms with Crippen LogP contribution in [0.1, 0.15) is 11.3 Å². The number of aromatic nitrogens is 1. The van der Waals surface area contributed by atoms with Crippen molar-refractivity contribution in [1.82, 2.24) is 4.98 Å². The van der Waals surface area contributed by atoms with E-state index in [1.54, 1.807) is 0 Å². The van der Waals surface area contributed by atoms with Crippen LogP contribution in [0.15, 0.2) is 46.0 Å². The molecule has 0 atom stereocenters. The van der Waals surface area contributed by atoms with Gasteiger partial charge in [0, 0.05) is 16.6 Å². The zero-order valence-electron chi connectivity index (χ0n) is 12.6. The number of nitrogens with one attached hydrogen (secondary N) is 1. The van der Waals surface area contributed by atoms with Gasteiger partial charge in [0.25, 0.3) is 0 Å². The van der Waals surface area contributed by atoms with Gasteiger partial charge in [0.2, 0.25) is 0 Å². The number of rotatable bonds is 4. The fraction of sp³-hybridized carbons (Fsp3) is 0.0667. The van der Waals surface area contributed by atoms with Gasteiger partial charge >= 0.3 is 12.1 Å². The van der Waals surface area contributed by atoms with E-state index in [0.29, 0.717) is 0 Å². The highest BCUT2D eigenvalue weighted by molar-refractivity contribution is 6.31. The Bertz CT molecular complexity index is 1020. The normalized spacial score (nSPS) is 12.0. The summed E-state index contributed by atoms with van der Waals surface area (Å²) in [6.07, 6.45) is -2.28. The molecule has 0 saturated carbocycles. The predicted octanol–water partition coefficient (Wildman–Crippen LogP) is 4.85. The Morgan fingerprint density at radius 1 is 1.31 bits per heavy atom. The molecule has 0 aliphatic heterocycles.